The van der Waals surface area contributed by atoms with Gasteiger partial charge in [0.25, 0.3) is 0 Å². The molecule has 2 N–H and O–H groups in total. The maximum atomic E-state index is 12.5. The summed E-state index contributed by atoms with van der Waals surface area (Å²) in [5, 5.41) is 4.07. The first-order valence-electron chi connectivity index (χ1n) is 7.56. The van der Waals surface area contributed by atoms with E-state index in [0.717, 1.165) is 42.8 Å². The molecule has 1 fully saturated rings. The lowest BCUT2D eigenvalue weighted by molar-refractivity contribution is -0.131. The van der Waals surface area contributed by atoms with Crippen molar-refractivity contribution in [1.29, 1.82) is 0 Å². The normalized spacial score (nSPS) is 22.5. The summed E-state index contributed by atoms with van der Waals surface area (Å²) in [4.78, 5) is 14.5. The van der Waals surface area contributed by atoms with Crippen molar-refractivity contribution in [1.82, 2.24) is 10.1 Å². The van der Waals surface area contributed by atoms with Gasteiger partial charge in [-0.15, -0.1) is 0 Å². The summed E-state index contributed by atoms with van der Waals surface area (Å²) in [5.74, 6) is 1.45. The van der Waals surface area contributed by atoms with Gasteiger partial charge in [-0.2, -0.15) is 0 Å². The van der Waals surface area contributed by atoms with Crippen molar-refractivity contribution < 1.29 is 9.32 Å². The van der Waals surface area contributed by atoms with Gasteiger partial charge in [0.15, 0.2) is 0 Å². The molecule has 1 aliphatic rings. The van der Waals surface area contributed by atoms with E-state index in [1.165, 1.54) is 0 Å². The van der Waals surface area contributed by atoms with Gasteiger partial charge in [-0.3, -0.25) is 4.79 Å². The molecule has 0 spiro atoms. The van der Waals surface area contributed by atoms with Gasteiger partial charge in [0, 0.05) is 24.6 Å². The van der Waals surface area contributed by atoms with E-state index in [9.17, 15) is 4.79 Å². The molecule has 20 heavy (non-hydrogen) atoms. The summed E-state index contributed by atoms with van der Waals surface area (Å²) in [7, 11) is 0. The van der Waals surface area contributed by atoms with Crippen LogP contribution < -0.4 is 5.73 Å². The van der Waals surface area contributed by atoms with Crippen molar-refractivity contribution in [2.24, 2.45) is 11.7 Å². The van der Waals surface area contributed by atoms with Crippen molar-refractivity contribution in [2.75, 3.05) is 13.1 Å². The second-order valence-electron chi connectivity index (χ2n) is 5.65. The number of aromatic nitrogens is 1. The third-order valence-corrected chi connectivity index (χ3v) is 4.25. The summed E-state index contributed by atoms with van der Waals surface area (Å²) in [6.45, 7) is 7.60. The molecule has 0 saturated carbocycles. The first-order valence-corrected chi connectivity index (χ1v) is 7.56. The molecular formula is C15H25N3O2. The molecule has 2 atom stereocenters. The Labute approximate surface area is 120 Å². The van der Waals surface area contributed by atoms with Crippen LogP contribution in [-0.2, 0) is 24.1 Å². The summed E-state index contributed by atoms with van der Waals surface area (Å²) in [6, 6.07) is 0.283. The lowest BCUT2D eigenvalue weighted by Gasteiger charge is -2.21. The zero-order valence-electron chi connectivity index (χ0n) is 12.7. The summed E-state index contributed by atoms with van der Waals surface area (Å²) < 4.78 is 5.33. The molecule has 1 aliphatic heterocycles. The number of nitrogens with zero attached hydrogens (tertiary/aromatic N) is 2. The van der Waals surface area contributed by atoms with Crippen LogP contribution in [0.3, 0.4) is 0 Å². The summed E-state index contributed by atoms with van der Waals surface area (Å²) >= 11 is 0. The fraction of sp³-hybridized carbons (Fsp3) is 0.733. The number of likely N-dealkylation sites (tertiary alicyclic amines) is 1. The Balaban J connectivity index is 2.10. The van der Waals surface area contributed by atoms with Crippen LogP contribution in [0.25, 0.3) is 0 Å². The van der Waals surface area contributed by atoms with E-state index in [0.29, 0.717) is 18.9 Å². The number of rotatable bonds is 5. The number of carbonyl (C=O) groups is 1. The molecule has 2 rings (SSSR count). The van der Waals surface area contributed by atoms with Crippen LogP contribution in [0, 0.1) is 5.92 Å². The third kappa shape index (κ3) is 2.87. The number of carbonyl (C=O) groups excluding carboxylic acids is 1. The minimum atomic E-state index is 0.168. The third-order valence-electron chi connectivity index (χ3n) is 4.25. The molecule has 0 bridgehead atoms. The monoisotopic (exact) mass is 279 g/mol. The van der Waals surface area contributed by atoms with Crippen LogP contribution in [0.15, 0.2) is 4.52 Å². The molecule has 0 aliphatic carbocycles. The minimum Gasteiger partial charge on any atom is -0.361 e. The predicted octanol–water partition coefficient (Wildman–Crippen LogP) is 1.54. The number of aryl methyl sites for hydroxylation is 2. The van der Waals surface area contributed by atoms with Crippen LogP contribution >= 0.6 is 0 Å². The molecule has 112 valence electrons. The molecule has 1 saturated heterocycles. The summed E-state index contributed by atoms with van der Waals surface area (Å²) in [5.41, 5.74) is 7.63. The smallest absolute Gasteiger partial charge is 0.227 e. The van der Waals surface area contributed by atoms with Crippen molar-refractivity contribution in [3.05, 3.63) is 17.0 Å². The second-order valence-corrected chi connectivity index (χ2v) is 5.65. The van der Waals surface area contributed by atoms with Gasteiger partial charge in [0.1, 0.15) is 5.76 Å². The van der Waals surface area contributed by atoms with Gasteiger partial charge >= 0.3 is 0 Å². The standard InChI is InChI=1S/C15H25N3O2/c1-4-13-12(14(5-2)20-17-13)7-15(19)18-9-11(8-16)6-10(18)3/h10-11H,4-9,16H2,1-3H3. The second kappa shape index (κ2) is 6.39. The lowest BCUT2D eigenvalue weighted by atomic mass is 10.1. The zero-order valence-corrected chi connectivity index (χ0v) is 12.7. The lowest BCUT2D eigenvalue weighted by Crippen LogP contribution is -2.35. The van der Waals surface area contributed by atoms with Crippen LogP contribution in [0.2, 0.25) is 0 Å². The van der Waals surface area contributed by atoms with Crippen LogP contribution in [-0.4, -0.2) is 35.1 Å². The highest BCUT2D eigenvalue weighted by Crippen LogP contribution is 2.24. The van der Waals surface area contributed by atoms with E-state index in [1.54, 1.807) is 0 Å². The van der Waals surface area contributed by atoms with E-state index in [1.807, 2.05) is 18.7 Å². The van der Waals surface area contributed by atoms with Gasteiger partial charge in [-0.05, 0) is 32.2 Å². The van der Waals surface area contributed by atoms with Gasteiger partial charge in [-0.25, -0.2) is 0 Å². The van der Waals surface area contributed by atoms with E-state index in [2.05, 4.69) is 12.1 Å². The molecule has 0 aromatic carbocycles. The number of hydrogen-bond acceptors (Lipinski definition) is 4. The zero-order chi connectivity index (χ0) is 14.7. The Morgan fingerprint density at radius 2 is 2.20 bits per heavy atom. The van der Waals surface area contributed by atoms with Gasteiger partial charge in [0.2, 0.25) is 5.91 Å². The van der Waals surface area contributed by atoms with E-state index in [-0.39, 0.29) is 11.9 Å². The molecule has 5 nitrogen and oxygen atoms in total. The Bertz CT molecular complexity index is 448. The summed E-state index contributed by atoms with van der Waals surface area (Å²) in [6.07, 6.45) is 2.98. The Hall–Kier alpha value is -1.36. The molecule has 2 unspecified atom stereocenters. The van der Waals surface area contributed by atoms with Crippen LogP contribution in [0.1, 0.15) is 44.2 Å². The van der Waals surface area contributed by atoms with Crippen molar-refractivity contribution in [2.45, 2.75) is 52.5 Å². The number of nitrogens with two attached hydrogens (primary N) is 1. The average molecular weight is 279 g/mol. The fourth-order valence-corrected chi connectivity index (χ4v) is 3.05. The Morgan fingerprint density at radius 3 is 2.75 bits per heavy atom. The molecule has 0 radical (unpaired) electrons. The molecule has 5 heteroatoms. The maximum Gasteiger partial charge on any atom is 0.227 e. The largest absolute Gasteiger partial charge is 0.361 e. The fourth-order valence-electron chi connectivity index (χ4n) is 3.05. The van der Waals surface area contributed by atoms with Gasteiger partial charge in [-0.1, -0.05) is 19.0 Å². The minimum absolute atomic E-state index is 0.168. The first-order chi connectivity index (χ1) is 9.60. The Kier molecular flexibility index (Phi) is 4.81. The maximum absolute atomic E-state index is 12.5. The van der Waals surface area contributed by atoms with Crippen LogP contribution in [0.4, 0.5) is 0 Å². The number of amides is 1. The highest BCUT2D eigenvalue weighted by Gasteiger charge is 2.32. The van der Waals surface area contributed by atoms with E-state index < -0.39 is 0 Å². The number of hydrogen-bond donors (Lipinski definition) is 1. The van der Waals surface area contributed by atoms with Gasteiger partial charge in [0.05, 0.1) is 12.1 Å². The Morgan fingerprint density at radius 1 is 1.45 bits per heavy atom. The quantitative estimate of drug-likeness (QED) is 0.887. The molecule has 1 aromatic heterocycles. The van der Waals surface area contributed by atoms with E-state index in [4.69, 9.17) is 10.3 Å². The van der Waals surface area contributed by atoms with Crippen molar-refractivity contribution in [3.8, 4) is 0 Å². The molecule has 2 heterocycles. The van der Waals surface area contributed by atoms with Crippen molar-refractivity contribution >= 4 is 5.91 Å². The predicted molar refractivity (Wildman–Crippen MR) is 77.3 cm³/mol. The molecular weight excluding hydrogens is 254 g/mol. The average Bonchev–Trinajstić information content (AvgIpc) is 3.01. The topological polar surface area (TPSA) is 72.4 Å². The van der Waals surface area contributed by atoms with Crippen LogP contribution in [0.5, 0.6) is 0 Å². The molecule has 1 amide bonds. The van der Waals surface area contributed by atoms with Gasteiger partial charge < -0.3 is 15.2 Å². The SMILES string of the molecule is CCc1noc(CC)c1CC(=O)N1CC(CN)CC1C. The first kappa shape index (κ1) is 15.0. The van der Waals surface area contributed by atoms with E-state index >= 15 is 0 Å². The highest BCUT2D eigenvalue weighted by atomic mass is 16.5. The highest BCUT2D eigenvalue weighted by molar-refractivity contribution is 5.79. The molecule has 1 aromatic rings. The van der Waals surface area contributed by atoms with Crippen molar-refractivity contribution in [3.63, 3.8) is 0 Å².